The number of benzene rings is 1. The molecular formula is C19H22FN3O2S. The van der Waals surface area contributed by atoms with Crippen LogP contribution in [0, 0.1) is 5.82 Å². The molecule has 0 radical (unpaired) electrons. The van der Waals surface area contributed by atoms with Crippen LogP contribution in [0.25, 0.3) is 0 Å². The molecule has 0 bridgehead atoms. The van der Waals surface area contributed by atoms with E-state index >= 15 is 0 Å². The number of nitrogens with zero attached hydrogens (tertiary/aromatic N) is 2. The van der Waals surface area contributed by atoms with Crippen LogP contribution in [0.1, 0.15) is 42.9 Å². The van der Waals surface area contributed by atoms with Crippen LogP contribution in [0.4, 0.5) is 10.2 Å². The van der Waals surface area contributed by atoms with E-state index in [1.54, 1.807) is 18.2 Å². The Morgan fingerprint density at radius 3 is 2.65 bits per heavy atom. The third-order valence-electron chi connectivity index (χ3n) is 5.20. The Bertz CT molecular complexity index is 894. The van der Waals surface area contributed by atoms with Gasteiger partial charge in [-0.1, -0.05) is 12.5 Å². The minimum absolute atomic E-state index is 0.00208. The largest absolute Gasteiger partial charge is 0.363 e. The molecule has 7 heteroatoms. The molecule has 0 amide bonds. The van der Waals surface area contributed by atoms with Gasteiger partial charge in [0.05, 0.1) is 6.04 Å². The first-order valence-electron chi connectivity index (χ1n) is 9.05. The van der Waals surface area contributed by atoms with E-state index in [9.17, 15) is 12.8 Å². The van der Waals surface area contributed by atoms with Gasteiger partial charge in [-0.3, -0.25) is 0 Å². The van der Waals surface area contributed by atoms with Crippen molar-refractivity contribution in [2.24, 2.45) is 0 Å². The Morgan fingerprint density at radius 1 is 1.12 bits per heavy atom. The Kier molecular flexibility index (Phi) is 4.67. The van der Waals surface area contributed by atoms with Crippen molar-refractivity contribution in [1.82, 2.24) is 9.29 Å². The predicted octanol–water partition coefficient (Wildman–Crippen LogP) is 3.49. The van der Waals surface area contributed by atoms with Gasteiger partial charge in [0.15, 0.2) is 0 Å². The number of nitrogens with one attached hydrogen (secondary N) is 1. The van der Waals surface area contributed by atoms with Gasteiger partial charge in [0, 0.05) is 19.3 Å². The maximum atomic E-state index is 13.5. The molecule has 1 N–H and O–H groups in total. The fraction of sp³-hybridized carbons (Fsp3) is 0.421. The van der Waals surface area contributed by atoms with Gasteiger partial charge in [-0.25, -0.2) is 17.8 Å². The molecule has 2 aliphatic rings. The molecule has 2 aromatic rings. The molecule has 1 aliphatic heterocycles. The first-order chi connectivity index (χ1) is 12.5. The lowest BCUT2D eigenvalue weighted by Crippen LogP contribution is -2.35. The molecule has 26 heavy (non-hydrogen) atoms. The van der Waals surface area contributed by atoms with Crippen LogP contribution < -0.4 is 5.32 Å². The summed E-state index contributed by atoms with van der Waals surface area (Å²) in [6.45, 7) is 1.15. The van der Waals surface area contributed by atoms with E-state index in [0.717, 1.165) is 43.2 Å². The fourth-order valence-electron chi connectivity index (χ4n) is 3.77. The summed E-state index contributed by atoms with van der Waals surface area (Å²) >= 11 is 0. The van der Waals surface area contributed by atoms with Crippen LogP contribution in [0.5, 0.6) is 0 Å². The third-order valence-corrected chi connectivity index (χ3v) is 7.08. The molecule has 4 rings (SSSR count). The molecular weight excluding hydrogens is 353 g/mol. The molecule has 0 spiro atoms. The Balaban J connectivity index is 1.50. The van der Waals surface area contributed by atoms with Gasteiger partial charge in [-0.05, 0) is 61.1 Å². The van der Waals surface area contributed by atoms with Crippen molar-refractivity contribution in [3.63, 3.8) is 0 Å². The lowest BCUT2D eigenvalue weighted by molar-refractivity contribution is 0.346. The van der Waals surface area contributed by atoms with Crippen LogP contribution in [0.15, 0.2) is 41.4 Å². The van der Waals surface area contributed by atoms with Crippen molar-refractivity contribution in [2.75, 3.05) is 18.4 Å². The number of sulfonamides is 1. The highest BCUT2D eigenvalue weighted by Gasteiger charge is 2.27. The number of aromatic nitrogens is 1. The van der Waals surface area contributed by atoms with E-state index in [2.05, 4.69) is 10.3 Å². The van der Waals surface area contributed by atoms with E-state index in [0.29, 0.717) is 18.9 Å². The summed E-state index contributed by atoms with van der Waals surface area (Å²) in [6.07, 6.45) is 6.07. The summed E-state index contributed by atoms with van der Waals surface area (Å²) in [6, 6.07) is 8.16. The standard InChI is InChI=1S/C19H22FN3O2S/c20-15-6-4-14-5-8-18(17(14)12-15)22-19-9-7-16(13-21-19)26(24,25)23-10-2-1-3-11-23/h4,6-7,9,12-13,18H,1-3,5,8,10-11H2,(H,21,22). The number of fused-ring (bicyclic) bond motifs is 1. The molecule has 1 aromatic carbocycles. The fourth-order valence-corrected chi connectivity index (χ4v) is 5.24. The minimum Gasteiger partial charge on any atom is -0.363 e. The predicted molar refractivity (Wildman–Crippen MR) is 97.9 cm³/mol. The van der Waals surface area contributed by atoms with E-state index in [1.165, 1.54) is 16.6 Å². The van der Waals surface area contributed by atoms with Crippen molar-refractivity contribution < 1.29 is 12.8 Å². The minimum atomic E-state index is -3.47. The molecule has 138 valence electrons. The quantitative estimate of drug-likeness (QED) is 0.889. The number of pyridine rings is 1. The average molecular weight is 375 g/mol. The SMILES string of the molecule is O=S(=O)(c1ccc(NC2CCc3ccc(F)cc32)nc1)N1CCCCC1. The van der Waals surface area contributed by atoms with Crippen LogP contribution in [-0.4, -0.2) is 30.8 Å². The molecule has 2 heterocycles. The monoisotopic (exact) mass is 375 g/mol. The van der Waals surface area contributed by atoms with Gasteiger partial charge in [-0.2, -0.15) is 4.31 Å². The summed E-state index contributed by atoms with van der Waals surface area (Å²) in [5.41, 5.74) is 2.10. The molecule has 1 atom stereocenters. The summed E-state index contributed by atoms with van der Waals surface area (Å²) in [7, 11) is -3.47. The van der Waals surface area contributed by atoms with Crippen molar-refractivity contribution in [2.45, 2.75) is 43.0 Å². The second kappa shape index (κ2) is 6.96. The molecule has 1 aromatic heterocycles. The van der Waals surface area contributed by atoms with Crippen LogP contribution in [0.3, 0.4) is 0 Å². The van der Waals surface area contributed by atoms with E-state index in [-0.39, 0.29) is 16.8 Å². The van der Waals surface area contributed by atoms with E-state index < -0.39 is 10.0 Å². The highest BCUT2D eigenvalue weighted by atomic mass is 32.2. The Labute approximate surface area is 153 Å². The van der Waals surface area contributed by atoms with Crippen molar-refractivity contribution >= 4 is 15.8 Å². The number of aryl methyl sites for hydroxylation is 1. The molecule has 1 unspecified atom stereocenters. The van der Waals surface area contributed by atoms with Gasteiger partial charge in [0.2, 0.25) is 10.0 Å². The second-order valence-corrected chi connectivity index (χ2v) is 8.86. The zero-order valence-electron chi connectivity index (χ0n) is 14.5. The maximum absolute atomic E-state index is 13.5. The highest BCUT2D eigenvalue weighted by Crippen LogP contribution is 2.34. The second-order valence-electron chi connectivity index (χ2n) is 6.92. The number of piperidine rings is 1. The summed E-state index contributed by atoms with van der Waals surface area (Å²) in [5.74, 6) is 0.359. The lowest BCUT2D eigenvalue weighted by Gasteiger charge is -2.25. The molecule has 0 saturated carbocycles. The van der Waals surface area contributed by atoms with Gasteiger partial charge in [-0.15, -0.1) is 0 Å². The molecule has 1 fully saturated rings. The Hall–Kier alpha value is -1.99. The number of hydrogen-bond acceptors (Lipinski definition) is 4. The Morgan fingerprint density at radius 2 is 1.92 bits per heavy atom. The highest BCUT2D eigenvalue weighted by molar-refractivity contribution is 7.89. The van der Waals surface area contributed by atoms with Crippen molar-refractivity contribution in [3.8, 4) is 0 Å². The number of hydrogen-bond donors (Lipinski definition) is 1. The summed E-state index contributed by atoms with van der Waals surface area (Å²) in [4.78, 5) is 4.51. The van der Waals surface area contributed by atoms with Gasteiger partial charge in [0.1, 0.15) is 16.5 Å². The normalized spacial score (nSPS) is 20.7. The van der Waals surface area contributed by atoms with Crippen LogP contribution in [-0.2, 0) is 16.4 Å². The van der Waals surface area contributed by atoms with Crippen molar-refractivity contribution in [1.29, 1.82) is 0 Å². The number of anilines is 1. The van der Waals surface area contributed by atoms with Gasteiger partial charge >= 0.3 is 0 Å². The third kappa shape index (κ3) is 3.33. The van der Waals surface area contributed by atoms with Crippen molar-refractivity contribution in [3.05, 3.63) is 53.5 Å². The lowest BCUT2D eigenvalue weighted by atomic mass is 10.1. The summed E-state index contributed by atoms with van der Waals surface area (Å²) in [5, 5.41) is 3.30. The number of halogens is 1. The smallest absolute Gasteiger partial charge is 0.244 e. The van der Waals surface area contributed by atoms with E-state index in [1.807, 2.05) is 6.07 Å². The summed E-state index contributed by atoms with van der Waals surface area (Å²) < 4.78 is 40.4. The van der Waals surface area contributed by atoms with Crippen LogP contribution in [0.2, 0.25) is 0 Å². The zero-order valence-corrected chi connectivity index (χ0v) is 15.3. The van der Waals surface area contributed by atoms with E-state index in [4.69, 9.17) is 0 Å². The molecule has 1 saturated heterocycles. The first-order valence-corrected chi connectivity index (χ1v) is 10.5. The zero-order chi connectivity index (χ0) is 18.1. The van der Waals surface area contributed by atoms with Gasteiger partial charge in [0.25, 0.3) is 0 Å². The molecule has 5 nitrogen and oxygen atoms in total. The number of rotatable bonds is 4. The van der Waals surface area contributed by atoms with Crippen LogP contribution >= 0.6 is 0 Å². The molecule has 1 aliphatic carbocycles. The average Bonchev–Trinajstić information content (AvgIpc) is 3.05. The first kappa shape index (κ1) is 17.4. The topological polar surface area (TPSA) is 62.3 Å². The van der Waals surface area contributed by atoms with Gasteiger partial charge < -0.3 is 5.32 Å². The maximum Gasteiger partial charge on any atom is 0.244 e.